The van der Waals surface area contributed by atoms with E-state index in [1.165, 1.54) is 25.3 Å². The Morgan fingerprint density at radius 1 is 1.33 bits per heavy atom. The van der Waals surface area contributed by atoms with Gasteiger partial charge in [0, 0.05) is 23.2 Å². The Kier molecular flexibility index (Phi) is 4.63. The fraction of sp³-hybridized carbons (Fsp3) is 0.600. The van der Waals surface area contributed by atoms with Crippen LogP contribution in [0.3, 0.4) is 0 Å². The van der Waals surface area contributed by atoms with Gasteiger partial charge in [-0.15, -0.1) is 0 Å². The highest BCUT2D eigenvalue weighted by Gasteiger charge is 2.26. The molecule has 0 aromatic heterocycles. The summed E-state index contributed by atoms with van der Waals surface area (Å²) in [6.45, 7) is 5.10. The summed E-state index contributed by atoms with van der Waals surface area (Å²) < 4.78 is 13.7. The summed E-state index contributed by atoms with van der Waals surface area (Å²) in [5.41, 5.74) is 0.588. The Labute approximate surface area is 114 Å². The fourth-order valence-corrected chi connectivity index (χ4v) is 3.03. The zero-order valence-electron chi connectivity index (χ0n) is 11.0. The molecule has 0 bridgehead atoms. The topological polar surface area (TPSA) is 12.0 Å². The van der Waals surface area contributed by atoms with Gasteiger partial charge in [-0.25, -0.2) is 4.39 Å². The molecule has 1 nitrogen and oxygen atoms in total. The minimum atomic E-state index is -0.216. The molecule has 1 fully saturated rings. The predicted molar refractivity (Wildman–Crippen MR) is 74.2 cm³/mol. The van der Waals surface area contributed by atoms with E-state index in [4.69, 9.17) is 11.6 Å². The van der Waals surface area contributed by atoms with Gasteiger partial charge in [0.05, 0.1) is 0 Å². The number of halogens is 2. The molecular weight excluding hydrogens is 249 g/mol. The first kappa shape index (κ1) is 13.8. The highest BCUT2D eigenvalue weighted by atomic mass is 35.5. The van der Waals surface area contributed by atoms with E-state index in [0.29, 0.717) is 29.1 Å². The Hall–Kier alpha value is -0.600. The van der Waals surface area contributed by atoms with Gasteiger partial charge in [0.25, 0.3) is 0 Å². The fourth-order valence-electron chi connectivity index (χ4n) is 2.80. The molecule has 0 spiro atoms. The zero-order valence-corrected chi connectivity index (χ0v) is 11.8. The summed E-state index contributed by atoms with van der Waals surface area (Å²) in [7, 11) is 0. The van der Waals surface area contributed by atoms with E-state index in [1.807, 2.05) is 0 Å². The maximum Gasteiger partial charge on any atom is 0.129 e. The minimum absolute atomic E-state index is 0.216. The normalized spacial score (nSPS) is 28.3. The van der Waals surface area contributed by atoms with Gasteiger partial charge in [0.1, 0.15) is 5.82 Å². The van der Waals surface area contributed by atoms with Crippen molar-refractivity contribution in [1.82, 2.24) is 5.32 Å². The van der Waals surface area contributed by atoms with Crippen molar-refractivity contribution in [2.75, 3.05) is 0 Å². The van der Waals surface area contributed by atoms with E-state index in [2.05, 4.69) is 19.2 Å². The number of hydrogen-bond donors (Lipinski definition) is 1. The van der Waals surface area contributed by atoms with E-state index in [1.54, 1.807) is 12.1 Å². The van der Waals surface area contributed by atoms with E-state index < -0.39 is 0 Å². The van der Waals surface area contributed by atoms with Crippen molar-refractivity contribution in [3.63, 3.8) is 0 Å². The minimum Gasteiger partial charge on any atom is -0.309 e. The second-order valence-corrected chi connectivity index (χ2v) is 5.86. The van der Waals surface area contributed by atoms with Crippen molar-refractivity contribution in [1.29, 1.82) is 0 Å². The second kappa shape index (κ2) is 6.03. The molecule has 3 atom stereocenters. The van der Waals surface area contributed by atoms with Crippen LogP contribution in [0.5, 0.6) is 0 Å². The molecule has 1 aromatic carbocycles. The third-order valence-corrected chi connectivity index (χ3v) is 4.66. The van der Waals surface area contributed by atoms with Crippen LogP contribution in [0.1, 0.15) is 38.7 Å². The van der Waals surface area contributed by atoms with Gasteiger partial charge in [-0.3, -0.25) is 0 Å². The Morgan fingerprint density at radius 2 is 2.11 bits per heavy atom. The van der Waals surface area contributed by atoms with Crippen LogP contribution in [0.2, 0.25) is 5.02 Å². The van der Waals surface area contributed by atoms with Crippen LogP contribution in [0.25, 0.3) is 0 Å². The molecule has 2 rings (SSSR count). The molecule has 3 unspecified atom stereocenters. The summed E-state index contributed by atoms with van der Waals surface area (Å²) in [6, 6.07) is 5.33. The van der Waals surface area contributed by atoms with Crippen LogP contribution in [0.4, 0.5) is 4.39 Å². The number of hydrogen-bond acceptors (Lipinski definition) is 1. The highest BCUT2D eigenvalue weighted by Crippen LogP contribution is 2.30. The molecule has 0 amide bonds. The van der Waals surface area contributed by atoms with Gasteiger partial charge in [-0.1, -0.05) is 44.4 Å². The van der Waals surface area contributed by atoms with Crippen LogP contribution < -0.4 is 5.32 Å². The van der Waals surface area contributed by atoms with Crippen LogP contribution in [-0.2, 0) is 6.54 Å². The summed E-state index contributed by atoms with van der Waals surface area (Å²) in [4.78, 5) is 0. The molecule has 1 saturated carbocycles. The van der Waals surface area contributed by atoms with Crippen molar-refractivity contribution in [2.24, 2.45) is 11.8 Å². The van der Waals surface area contributed by atoms with Gasteiger partial charge in [-0.05, 0) is 30.4 Å². The molecule has 18 heavy (non-hydrogen) atoms. The van der Waals surface area contributed by atoms with Gasteiger partial charge in [-0.2, -0.15) is 0 Å². The van der Waals surface area contributed by atoms with Gasteiger partial charge >= 0.3 is 0 Å². The highest BCUT2D eigenvalue weighted by molar-refractivity contribution is 6.31. The van der Waals surface area contributed by atoms with Crippen molar-refractivity contribution in [2.45, 2.75) is 45.7 Å². The molecule has 1 aliphatic carbocycles. The summed E-state index contributed by atoms with van der Waals surface area (Å²) in [5.74, 6) is 1.17. The Morgan fingerprint density at radius 3 is 2.83 bits per heavy atom. The SMILES string of the molecule is CC1CCCC(NCc2c(F)cccc2Cl)C1C. The average molecular weight is 270 g/mol. The molecular formula is C15H21ClFN. The summed E-state index contributed by atoms with van der Waals surface area (Å²) >= 11 is 6.03. The monoisotopic (exact) mass is 269 g/mol. The molecule has 1 aromatic rings. The lowest BCUT2D eigenvalue weighted by Crippen LogP contribution is -2.40. The molecule has 3 heteroatoms. The van der Waals surface area contributed by atoms with Gasteiger partial charge < -0.3 is 5.32 Å². The van der Waals surface area contributed by atoms with Crippen LogP contribution in [0.15, 0.2) is 18.2 Å². The van der Waals surface area contributed by atoms with Crippen molar-refractivity contribution in [3.05, 3.63) is 34.6 Å². The molecule has 0 heterocycles. The van der Waals surface area contributed by atoms with Gasteiger partial charge in [0.2, 0.25) is 0 Å². The lowest BCUT2D eigenvalue weighted by Gasteiger charge is -2.34. The van der Waals surface area contributed by atoms with E-state index >= 15 is 0 Å². The lowest BCUT2D eigenvalue weighted by atomic mass is 9.78. The standard InChI is InChI=1S/C15H21ClFN/c1-10-5-3-8-15(11(10)2)18-9-12-13(16)6-4-7-14(12)17/h4,6-7,10-11,15,18H,3,5,8-9H2,1-2H3. The van der Waals surface area contributed by atoms with E-state index in [0.717, 1.165) is 5.92 Å². The summed E-state index contributed by atoms with van der Waals surface area (Å²) in [6.07, 6.45) is 3.74. The molecule has 1 N–H and O–H groups in total. The first-order valence-corrected chi connectivity index (χ1v) is 7.13. The number of nitrogens with one attached hydrogen (secondary N) is 1. The first-order chi connectivity index (χ1) is 8.59. The lowest BCUT2D eigenvalue weighted by molar-refractivity contribution is 0.205. The number of rotatable bonds is 3. The zero-order chi connectivity index (χ0) is 13.1. The average Bonchev–Trinajstić information content (AvgIpc) is 2.33. The van der Waals surface area contributed by atoms with Crippen LogP contribution >= 0.6 is 11.6 Å². The number of benzene rings is 1. The Balaban J connectivity index is 1.99. The van der Waals surface area contributed by atoms with E-state index in [-0.39, 0.29) is 5.82 Å². The van der Waals surface area contributed by atoms with Gasteiger partial charge in [0.15, 0.2) is 0 Å². The molecule has 0 saturated heterocycles. The van der Waals surface area contributed by atoms with Crippen molar-refractivity contribution < 1.29 is 4.39 Å². The molecule has 1 aliphatic rings. The molecule has 0 aliphatic heterocycles. The van der Waals surface area contributed by atoms with Crippen LogP contribution in [-0.4, -0.2) is 6.04 Å². The first-order valence-electron chi connectivity index (χ1n) is 6.76. The smallest absolute Gasteiger partial charge is 0.129 e. The predicted octanol–water partition coefficient (Wildman–Crippen LogP) is 4.39. The molecule has 100 valence electrons. The maximum absolute atomic E-state index is 13.7. The third-order valence-electron chi connectivity index (χ3n) is 4.31. The van der Waals surface area contributed by atoms with E-state index in [9.17, 15) is 4.39 Å². The molecule has 0 radical (unpaired) electrons. The third kappa shape index (κ3) is 3.04. The second-order valence-electron chi connectivity index (χ2n) is 5.45. The van der Waals surface area contributed by atoms with Crippen LogP contribution in [0, 0.1) is 17.7 Å². The largest absolute Gasteiger partial charge is 0.309 e. The maximum atomic E-state index is 13.7. The summed E-state index contributed by atoms with van der Waals surface area (Å²) in [5, 5.41) is 3.99. The Bertz CT molecular complexity index is 387. The van der Waals surface area contributed by atoms with Crippen molar-refractivity contribution >= 4 is 11.6 Å². The van der Waals surface area contributed by atoms with Crippen molar-refractivity contribution in [3.8, 4) is 0 Å². The quantitative estimate of drug-likeness (QED) is 0.858.